The van der Waals surface area contributed by atoms with Gasteiger partial charge in [0.1, 0.15) is 0 Å². The molecule has 132 valence electrons. The molecule has 0 fully saturated rings. The number of carbonyl (C=O) groups is 2. The van der Waals surface area contributed by atoms with Crippen LogP contribution in [-0.2, 0) is 4.74 Å². The molecule has 6 heteroatoms. The topological polar surface area (TPSA) is 61.8 Å². The zero-order valence-corrected chi connectivity index (χ0v) is 15.3. The smallest absolute Gasteiger partial charge is 0.338 e. The first-order valence-corrected chi connectivity index (χ1v) is 7.94. The van der Waals surface area contributed by atoms with Crippen molar-refractivity contribution in [1.82, 2.24) is 0 Å². The summed E-state index contributed by atoms with van der Waals surface area (Å²) in [6, 6.07) is 8.34. The molecule has 0 spiro atoms. The quantitative estimate of drug-likeness (QED) is 0.574. The van der Waals surface area contributed by atoms with Crippen LogP contribution in [0.1, 0.15) is 31.8 Å². The lowest BCUT2D eigenvalue weighted by Gasteiger charge is -2.12. The van der Waals surface area contributed by atoms with E-state index in [0.717, 1.165) is 11.1 Å². The number of rotatable bonds is 6. The predicted molar refractivity (Wildman–Crippen MR) is 95.1 cm³/mol. The van der Waals surface area contributed by atoms with E-state index in [1.54, 1.807) is 6.07 Å². The largest absolute Gasteiger partial charge is 0.493 e. The van der Waals surface area contributed by atoms with Crippen LogP contribution in [0.5, 0.6) is 11.5 Å². The Morgan fingerprint density at radius 3 is 2.36 bits per heavy atom. The monoisotopic (exact) mass is 362 g/mol. The minimum Gasteiger partial charge on any atom is -0.493 e. The number of halogens is 1. The van der Waals surface area contributed by atoms with E-state index in [1.807, 2.05) is 26.0 Å². The maximum atomic E-state index is 12.3. The van der Waals surface area contributed by atoms with Crippen molar-refractivity contribution in [3.63, 3.8) is 0 Å². The maximum absolute atomic E-state index is 12.3. The van der Waals surface area contributed by atoms with Crippen LogP contribution in [0.3, 0.4) is 0 Å². The van der Waals surface area contributed by atoms with Crippen molar-refractivity contribution in [3.8, 4) is 11.5 Å². The van der Waals surface area contributed by atoms with E-state index in [-0.39, 0.29) is 23.0 Å². The van der Waals surface area contributed by atoms with Gasteiger partial charge in [0.05, 0.1) is 24.8 Å². The van der Waals surface area contributed by atoms with Gasteiger partial charge in [0.2, 0.25) is 5.78 Å². The number of methoxy groups -OCH3 is 2. The lowest BCUT2D eigenvalue weighted by atomic mass is 10.0. The third-order valence-electron chi connectivity index (χ3n) is 3.69. The van der Waals surface area contributed by atoms with Crippen molar-refractivity contribution in [3.05, 3.63) is 57.6 Å². The van der Waals surface area contributed by atoms with E-state index < -0.39 is 5.97 Å². The molecule has 0 aliphatic carbocycles. The third kappa shape index (κ3) is 4.31. The van der Waals surface area contributed by atoms with Crippen LogP contribution in [0.4, 0.5) is 0 Å². The summed E-state index contributed by atoms with van der Waals surface area (Å²) in [7, 11) is 2.89. The highest BCUT2D eigenvalue weighted by Gasteiger charge is 2.18. The summed E-state index contributed by atoms with van der Waals surface area (Å²) in [5.41, 5.74) is 2.61. The summed E-state index contributed by atoms with van der Waals surface area (Å²) in [4.78, 5) is 24.5. The zero-order chi connectivity index (χ0) is 18.6. The number of hydrogen-bond acceptors (Lipinski definition) is 5. The van der Waals surface area contributed by atoms with Gasteiger partial charge in [-0.2, -0.15) is 0 Å². The fraction of sp³-hybridized carbons (Fsp3) is 0.263. The molecular formula is C19H19ClO5. The molecule has 0 heterocycles. The van der Waals surface area contributed by atoms with Crippen LogP contribution in [0.15, 0.2) is 30.3 Å². The number of Topliss-reactive ketones (excluding diaryl/α,β-unsaturated/α-hetero) is 1. The fourth-order valence-electron chi connectivity index (χ4n) is 2.45. The lowest BCUT2D eigenvalue weighted by molar-refractivity contribution is 0.0474. The number of carbonyl (C=O) groups excluding carboxylic acids is 2. The van der Waals surface area contributed by atoms with Gasteiger partial charge in [0.15, 0.2) is 18.1 Å². The van der Waals surface area contributed by atoms with E-state index in [2.05, 4.69) is 0 Å². The standard InChI is InChI=1S/C19H19ClO5/c1-11-5-6-14(12(2)7-11)16(21)10-25-19(22)13-8-15(20)18(24-4)17(9-13)23-3/h5-9H,10H2,1-4H3. The predicted octanol–water partition coefficient (Wildman–Crippen LogP) is 4.01. The molecular weight excluding hydrogens is 344 g/mol. The van der Waals surface area contributed by atoms with Crippen LogP contribution < -0.4 is 9.47 Å². The van der Waals surface area contributed by atoms with Gasteiger partial charge in [-0.05, 0) is 31.5 Å². The zero-order valence-electron chi connectivity index (χ0n) is 14.5. The number of ether oxygens (including phenoxy) is 3. The van der Waals surface area contributed by atoms with Gasteiger partial charge < -0.3 is 14.2 Å². The summed E-state index contributed by atoms with van der Waals surface area (Å²) in [6.07, 6.45) is 0. The van der Waals surface area contributed by atoms with Gasteiger partial charge in [-0.1, -0.05) is 35.4 Å². The summed E-state index contributed by atoms with van der Waals surface area (Å²) in [5.74, 6) is -0.298. The van der Waals surface area contributed by atoms with Crippen LogP contribution in [0.25, 0.3) is 0 Å². The second-order valence-corrected chi connectivity index (χ2v) is 5.92. The third-order valence-corrected chi connectivity index (χ3v) is 3.97. The first-order chi connectivity index (χ1) is 11.9. The minimum absolute atomic E-state index is 0.177. The summed E-state index contributed by atoms with van der Waals surface area (Å²) in [6.45, 7) is 3.44. The molecule has 0 radical (unpaired) electrons. The highest BCUT2D eigenvalue weighted by atomic mass is 35.5. The molecule has 0 atom stereocenters. The van der Waals surface area contributed by atoms with Gasteiger partial charge in [-0.3, -0.25) is 4.79 Å². The molecule has 0 aliphatic heterocycles. The Morgan fingerprint density at radius 1 is 1.04 bits per heavy atom. The molecule has 0 N–H and O–H groups in total. The van der Waals surface area contributed by atoms with E-state index in [1.165, 1.54) is 26.4 Å². The Labute approximate surface area is 151 Å². The van der Waals surface area contributed by atoms with Crippen molar-refractivity contribution in [1.29, 1.82) is 0 Å². The van der Waals surface area contributed by atoms with Crippen LogP contribution in [0, 0.1) is 13.8 Å². The Morgan fingerprint density at radius 2 is 1.76 bits per heavy atom. The molecule has 0 aliphatic rings. The summed E-state index contributed by atoms with van der Waals surface area (Å²) in [5, 5.41) is 0.217. The Kier molecular flexibility index (Phi) is 6.04. The molecule has 25 heavy (non-hydrogen) atoms. The van der Waals surface area contributed by atoms with Crippen molar-refractivity contribution >= 4 is 23.4 Å². The van der Waals surface area contributed by atoms with Gasteiger partial charge in [-0.25, -0.2) is 4.79 Å². The average Bonchev–Trinajstić information content (AvgIpc) is 2.58. The Balaban J connectivity index is 2.12. The Hall–Kier alpha value is -2.53. The van der Waals surface area contributed by atoms with Gasteiger partial charge in [0, 0.05) is 5.56 Å². The van der Waals surface area contributed by atoms with Gasteiger partial charge in [-0.15, -0.1) is 0 Å². The molecule has 0 amide bonds. The molecule has 0 bridgehead atoms. The minimum atomic E-state index is -0.666. The number of ketones is 1. The molecule has 5 nitrogen and oxygen atoms in total. The Bertz CT molecular complexity index is 814. The van der Waals surface area contributed by atoms with Crippen molar-refractivity contribution in [2.24, 2.45) is 0 Å². The lowest BCUT2D eigenvalue weighted by Crippen LogP contribution is -2.15. The second-order valence-electron chi connectivity index (χ2n) is 5.51. The molecule has 0 aromatic heterocycles. The van der Waals surface area contributed by atoms with E-state index in [4.69, 9.17) is 25.8 Å². The highest BCUT2D eigenvalue weighted by molar-refractivity contribution is 6.32. The normalized spacial score (nSPS) is 10.3. The summed E-state index contributed by atoms with van der Waals surface area (Å²) >= 11 is 6.07. The van der Waals surface area contributed by atoms with Gasteiger partial charge >= 0.3 is 5.97 Å². The number of hydrogen-bond donors (Lipinski definition) is 0. The van der Waals surface area contributed by atoms with Crippen LogP contribution >= 0.6 is 11.6 Å². The van der Waals surface area contributed by atoms with E-state index >= 15 is 0 Å². The summed E-state index contributed by atoms with van der Waals surface area (Å²) < 4.78 is 15.4. The molecule has 0 saturated carbocycles. The molecule has 2 aromatic carbocycles. The molecule has 2 rings (SSSR count). The van der Waals surface area contributed by atoms with Crippen molar-refractivity contribution in [2.75, 3.05) is 20.8 Å². The molecule has 0 saturated heterocycles. The number of esters is 1. The fourth-order valence-corrected chi connectivity index (χ4v) is 2.74. The van der Waals surface area contributed by atoms with E-state index in [9.17, 15) is 9.59 Å². The van der Waals surface area contributed by atoms with E-state index in [0.29, 0.717) is 17.1 Å². The maximum Gasteiger partial charge on any atom is 0.338 e. The first-order valence-electron chi connectivity index (χ1n) is 7.56. The second kappa shape index (κ2) is 8.03. The van der Waals surface area contributed by atoms with Crippen LogP contribution in [-0.4, -0.2) is 32.6 Å². The average molecular weight is 363 g/mol. The highest BCUT2D eigenvalue weighted by Crippen LogP contribution is 2.36. The number of aryl methyl sites for hydroxylation is 2. The van der Waals surface area contributed by atoms with Gasteiger partial charge in [0.25, 0.3) is 0 Å². The SMILES string of the molecule is COc1cc(C(=O)OCC(=O)c2ccc(C)cc2C)cc(Cl)c1OC. The van der Waals surface area contributed by atoms with Crippen molar-refractivity contribution < 1.29 is 23.8 Å². The van der Waals surface area contributed by atoms with Crippen LogP contribution in [0.2, 0.25) is 5.02 Å². The molecule has 2 aromatic rings. The first kappa shape index (κ1) is 18.8. The number of benzene rings is 2. The molecule has 0 unspecified atom stereocenters. The van der Waals surface area contributed by atoms with Crippen molar-refractivity contribution in [2.45, 2.75) is 13.8 Å².